The lowest BCUT2D eigenvalue weighted by Crippen LogP contribution is -2.50. The maximum Gasteiger partial charge on any atom is 0.414 e. The van der Waals surface area contributed by atoms with Crippen molar-refractivity contribution in [3.05, 3.63) is 30.3 Å². The monoisotopic (exact) mass is 441 g/mol. The Morgan fingerprint density at radius 1 is 0.806 bits per heavy atom. The van der Waals surface area contributed by atoms with E-state index in [0.717, 1.165) is 6.54 Å². The highest BCUT2D eigenvalue weighted by molar-refractivity contribution is 6.27. The molecule has 0 radical (unpaired) electrons. The maximum atomic E-state index is 9.10. The van der Waals surface area contributed by atoms with E-state index in [2.05, 4.69) is 66.2 Å². The molecule has 1 aromatic carbocycles. The third-order valence-corrected chi connectivity index (χ3v) is 4.22. The maximum absolute atomic E-state index is 9.10. The number of anilines is 1. The second-order valence-electron chi connectivity index (χ2n) is 7.06. The molecule has 0 aliphatic carbocycles. The van der Waals surface area contributed by atoms with Gasteiger partial charge in [-0.05, 0) is 32.9 Å². The van der Waals surface area contributed by atoms with Crippen molar-refractivity contribution in [3.8, 4) is 0 Å². The van der Waals surface area contributed by atoms with Crippen LogP contribution in [0.4, 0.5) is 5.69 Å². The normalized spacial score (nSPS) is 14.8. The van der Waals surface area contributed by atoms with Gasteiger partial charge in [0.2, 0.25) is 0 Å². The Morgan fingerprint density at radius 3 is 1.58 bits per heavy atom. The fourth-order valence-electron chi connectivity index (χ4n) is 2.71. The molecule has 1 unspecified atom stereocenters. The zero-order valence-electron chi connectivity index (χ0n) is 17.9. The van der Waals surface area contributed by atoms with Gasteiger partial charge >= 0.3 is 23.9 Å². The molecule has 2 rings (SSSR count). The lowest BCUT2D eigenvalue weighted by atomic mass is 10.2. The van der Waals surface area contributed by atoms with Gasteiger partial charge in [0.15, 0.2) is 0 Å². The largest absolute Gasteiger partial charge is 0.473 e. The Bertz CT molecular complexity index is 656. The summed E-state index contributed by atoms with van der Waals surface area (Å²) >= 11 is 0. The standard InChI is InChI=1S/C16H27N3.2C2H2O4/c1-14(2)19-11-9-18(10-12-19)13-15(3)17-16-7-5-4-6-8-16;2*3-1(4)2(5)6/h4-8,14-15,17H,9-13H2,1-3H3;2*(H,3,4)(H,5,6). The zero-order valence-corrected chi connectivity index (χ0v) is 17.9. The fourth-order valence-corrected chi connectivity index (χ4v) is 2.71. The minimum atomic E-state index is -1.82. The van der Waals surface area contributed by atoms with Gasteiger partial charge in [-0.2, -0.15) is 0 Å². The minimum absolute atomic E-state index is 0.494. The lowest BCUT2D eigenvalue weighted by Gasteiger charge is -2.38. The van der Waals surface area contributed by atoms with Gasteiger partial charge in [-0.25, -0.2) is 19.2 Å². The van der Waals surface area contributed by atoms with E-state index < -0.39 is 23.9 Å². The summed E-state index contributed by atoms with van der Waals surface area (Å²) in [5.41, 5.74) is 1.22. The first-order valence-corrected chi connectivity index (χ1v) is 9.64. The number of para-hydroxylation sites is 1. The second-order valence-corrected chi connectivity index (χ2v) is 7.06. The molecule has 1 fully saturated rings. The predicted octanol–water partition coefficient (Wildman–Crippen LogP) is 0.824. The van der Waals surface area contributed by atoms with Gasteiger partial charge in [0.25, 0.3) is 0 Å². The van der Waals surface area contributed by atoms with Crippen LogP contribution in [0.25, 0.3) is 0 Å². The number of aliphatic carboxylic acids is 4. The Hall–Kier alpha value is -3.18. The summed E-state index contributed by atoms with van der Waals surface area (Å²) in [5.74, 6) is -7.30. The van der Waals surface area contributed by atoms with Crippen molar-refractivity contribution in [2.24, 2.45) is 0 Å². The van der Waals surface area contributed by atoms with Gasteiger partial charge in [-0.1, -0.05) is 18.2 Å². The number of benzene rings is 1. The summed E-state index contributed by atoms with van der Waals surface area (Å²) in [5, 5.41) is 33.1. The van der Waals surface area contributed by atoms with E-state index in [4.69, 9.17) is 39.6 Å². The molecular weight excluding hydrogens is 410 g/mol. The van der Waals surface area contributed by atoms with E-state index in [1.165, 1.54) is 31.9 Å². The summed E-state index contributed by atoms with van der Waals surface area (Å²) in [4.78, 5) is 41.5. The van der Waals surface area contributed by atoms with Crippen LogP contribution >= 0.6 is 0 Å². The molecule has 11 nitrogen and oxygen atoms in total. The van der Waals surface area contributed by atoms with E-state index in [0.29, 0.717) is 12.1 Å². The number of carboxylic acids is 4. The number of rotatable bonds is 5. The SMILES string of the molecule is CC(CN1CCN(C(C)C)CC1)Nc1ccccc1.O=C(O)C(=O)O.O=C(O)C(=O)O. The van der Waals surface area contributed by atoms with E-state index in [9.17, 15) is 0 Å². The first-order valence-electron chi connectivity index (χ1n) is 9.64. The van der Waals surface area contributed by atoms with Gasteiger partial charge in [0.1, 0.15) is 0 Å². The Kier molecular flexibility index (Phi) is 13.2. The number of hydrogen-bond acceptors (Lipinski definition) is 7. The first kappa shape index (κ1) is 27.8. The van der Waals surface area contributed by atoms with Crippen molar-refractivity contribution >= 4 is 29.6 Å². The molecule has 1 aromatic rings. The van der Waals surface area contributed by atoms with Crippen LogP contribution in [-0.4, -0.2) is 98.9 Å². The fraction of sp³-hybridized carbons (Fsp3) is 0.500. The molecule has 174 valence electrons. The molecule has 0 amide bonds. The van der Waals surface area contributed by atoms with Crippen molar-refractivity contribution in [1.29, 1.82) is 0 Å². The van der Waals surface area contributed by atoms with E-state index in [-0.39, 0.29) is 0 Å². The molecule has 5 N–H and O–H groups in total. The molecule has 11 heteroatoms. The van der Waals surface area contributed by atoms with Crippen LogP contribution in [0.1, 0.15) is 20.8 Å². The molecule has 1 atom stereocenters. The van der Waals surface area contributed by atoms with E-state index in [1.54, 1.807) is 0 Å². The highest BCUT2D eigenvalue weighted by atomic mass is 16.4. The average Bonchev–Trinajstić information content (AvgIpc) is 2.69. The summed E-state index contributed by atoms with van der Waals surface area (Å²) < 4.78 is 0. The number of carbonyl (C=O) groups is 4. The summed E-state index contributed by atoms with van der Waals surface area (Å²) in [7, 11) is 0. The topological polar surface area (TPSA) is 168 Å². The first-order chi connectivity index (χ1) is 14.4. The van der Waals surface area contributed by atoms with E-state index >= 15 is 0 Å². The molecule has 1 aliphatic heterocycles. The molecule has 31 heavy (non-hydrogen) atoms. The smallest absolute Gasteiger partial charge is 0.414 e. The molecule has 1 heterocycles. The quantitative estimate of drug-likeness (QED) is 0.410. The van der Waals surface area contributed by atoms with Crippen molar-refractivity contribution < 1.29 is 39.6 Å². The van der Waals surface area contributed by atoms with Crippen LogP contribution in [0.15, 0.2) is 30.3 Å². The molecule has 0 aromatic heterocycles. The Morgan fingerprint density at radius 2 is 1.23 bits per heavy atom. The third kappa shape index (κ3) is 13.6. The molecular formula is C20H31N3O8. The molecule has 0 saturated carbocycles. The van der Waals surface area contributed by atoms with Crippen LogP contribution in [0.3, 0.4) is 0 Å². The zero-order chi connectivity index (χ0) is 24.0. The van der Waals surface area contributed by atoms with Crippen LogP contribution < -0.4 is 5.32 Å². The Labute approximate surface area is 180 Å². The van der Waals surface area contributed by atoms with Gasteiger partial charge in [0, 0.05) is 50.5 Å². The van der Waals surface area contributed by atoms with Gasteiger partial charge in [0.05, 0.1) is 0 Å². The van der Waals surface area contributed by atoms with Crippen molar-refractivity contribution in [1.82, 2.24) is 9.80 Å². The van der Waals surface area contributed by atoms with Crippen LogP contribution in [0.5, 0.6) is 0 Å². The predicted molar refractivity (Wildman–Crippen MR) is 113 cm³/mol. The van der Waals surface area contributed by atoms with Gasteiger partial charge in [-0.15, -0.1) is 0 Å². The van der Waals surface area contributed by atoms with Crippen LogP contribution in [-0.2, 0) is 19.2 Å². The number of nitrogens with one attached hydrogen (secondary N) is 1. The summed E-state index contributed by atoms with van der Waals surface area (Å²) in [6.45, 7) is 12.8. The number of carboxylic acid groups (broad SMARTS) is 4. The summed E-state index contributed by atoms with van der Waals surface area (Å²) in [6, 6.07) is 11.7. The van der Waals surface area contributed by atoms with Crippen LogP contribution in [0, 0.1) is 0 Å². The van der Waals surface area contributed by atoms with Gasteiger partial charge < -0.3 is 25.7 Å². The third-order valence-electron chi connectivity index (χ3n) is 4.22. The highest BCUT2D eigenvalue weighted by Gasteiger charge is 2.19. The minimum Gasteiger partial charge on any atom is -0.473 e. The van der Waals surface area contributed by atoms with E-state index in [1.807, 2.05) is 0 Å². The average molecular weight is 441 g/mol. The van der Waals surface area contributed by atoms with Crippen molar-refractivity contribution in [2.45, 2.75) is 32.9 Å². The molecule has 0 spiro atoms. The number of nitrogens with zero attached hydrogens (tertiary/aromatic N) is 2. The molecule has 1 saturated heterocycles. The summed E-state index contributed by atoms with van der Waals surface area (Å²) in [6.07, 6.45) is 0. The van der Waals surface area contributed by atoms with Crippen molar-refractivity contribution in [2.75, 3.05) is 38.0 Å². The van der Waals surface area contributed by atoms with Crippen molar-refractivity contribution in [3.63, 3.8) is 0 Å². The number of hydrogen-bond donors (Lipinski definition) is 5. The molecule has 1 aliphatic rings. The number of piperazine rings is 1. The van der Waals surface area contributed by atoms with Gasteiger partial charge in [-0.3, -0.25) is 9.80 Å². The lowest BCUT2D eigenvalue weighted by molar-refractivity contribution is -0.159. The molecule has 0 bridgehead atoms. The highest BCUT2D eigenvalue weighted by Crippen LogP contribution is 2.10. The Balaban J connectivity index is 0.000000620. The second kappa shape index (κ2) is 14.7. The van der Waals surface area contributed by atoms with Crippen LogP contribution in [0.2, 0.25) is 0 Å².